The van der Waals surface area contributed by atoms with Crippen LogP contribution in [0.4, 0.5) is 0 Å². The Kier molecular flexibility index (Phi) is 4.57. The molecule has 0 radical (unpaired) electrons. The first kappa shape index (κ1) is 16.6. The topological polar surface area (TPSA) is 84.3 Å². The van der Waals surface area contributed by atoms with Gasteiger partial charge in [0, 0.05) is 11.8 Å². The number of H-pyrrole nitrogens is 1. The van der Waals surface area contributed by atoms with Crippen LogP contribution in [0.25, 0.3) is 16.5 Å². The van der Waals surface area contributed by atoms with E-state index in [9.17, 15) is 4.79 Å². The summed E-state index contributed by atoms with van der Waals surface area (Å²) >= 11 is 1.54. The molecule has 3 aromatic heterocycles. The number of hydrogen-bond acceptors (Lipinski definition) is 6. The summed E-state index contributed by atoms with van der Waals surface area (Å²) in [6.07, 6.45) is 6.16. The lowest BCUT2D eigenvalue weighted by atomic mass is 10.1. The van der Waals surface area contributed by atoms with Crippen LogP contribution in [-0.2, 0) is 11.3 Å². The maximum Gasteiger partial charge on any atom is 0.275 e. The molecule has 0 unspecified atom stereocenters. The van der Waals surface area contributed by atoms with E-state index in [1.165, 1.54) is 4.52 Å². The Morgan fingerprint density at radius 2 is 2.27 bits per heavy atom. The number of nitrogens with zero attached hydrogens (tertiary/aromatic N) is 3. The molecule has 2 N–H and O–H groups in total. The molecule has 3 heterocycles. The molecule has 134 valence electrons. The number of aromatic nitrogens is 4. The van der Waals surface area contributed by atoms with Gasteiger partial charge in [0.1, 0.15) is 5.76 Å². The second kappa shape index (κ2) is 7.17. The zero-order valence-corrected chi connectivity index (χ0v) is 15.2. The van der Waals surface area contributed by atoms with Gasteiger partial charge < -0.3 is 15.0 Å². The van der Waals surface area contributed by atoms with Gasteiger partial charge in [-0.25, -0.2) is 0 Å². The van der Waals surface area contributed by atoms with Crippen LogP contribution in [0.15, 0.2) is 52.0 Å². The van der Waals surface area contributed by atoms with E-state index in [1.54, 1.807) is 17.4 Å². The predicted molar refractivity (Wildman–Crippen MR) is 101 cm³/mol. The molecular formula is C18H19N5O2S. The Hall–Kier alpha value is -2.87. The van der Waals surface area contributed by atoms with Crippen molar-refractivity contribution in [1.82, 2.24) is 24.9 Å². The summed E-state index contributed by atoms with van der Waals surface area (Å²) in [5.41, 5.74) is 1.50. The van der Waals surface area contributed by atoms with E-state index in [4.69, 9.17) is 4.74 Å². The molecule has 0 bridgehead atoms. The summed E-state index contributed by atoms with van der Waals surface area (Å²) in [5, 5.41) is 9.59. The van der Waals surface area contributed by atoms with Gasteiger partial charge in [-0.15, -0.1) is 16.4 Å². The maximum atomic E-state index is 12.4. The van der Waals surface area contributed by atoms with Gasteiger partial charge in [-0.1, -0.05) is 12.1 Å². The van der Waals surface area contributed by atoms with Crippen LogP contribution in [-0.4, -0.2) is 26.2 Å². The second-order valence-corrected chi connectivity index (χ2v) is 6.78. The highest BCUT2D eigenvalue weighted by molar-refractivity contribution is 7.13. The van der Waals surface area contributed by atoms with Gasteiger partial charge in [0.2, 0.25) is 5.78 Å². The Morgan fingerprint density at radius 3 is 3.08 bits per heavy atom. The predicted octanol–water partition coefficient (Wildman–Crippen LogP) is 2.83. The highest BCUT2D eigenvalue weighted by Gasteiger charge is 2.13. The zero-order valence-electron chi connectivity index (χ0n) is 14.4. The molecular weight excluding hydrogens is 350 g/mol. The molecule has 0 atom stereocenters. The van der Waals surface area contributed by atoms with Crippen molar-refractivity contribution in [2.45, 2.75) is 26.3 Å². The van der Waals surface area contributed by atoms with Crippen molar-refractivity contribution in [1.29, 1.82) is 0 Å². The second-order valence-electron chi connectivity index (χ2n) is 5.83. The minimum absolute atomic E-state index is 0.205. The van der Waals surface area contributed by atoms with Crippen molar-refractivity contribution >= 4 is 17.1 Å². The van der Waals surface area contributed by atoms with Crippen LogP contribution in [0, 0.1) is 0 Å². The molecule has 7 nitrogen and oxygen atoms in total. The van der Waals surface area contributed by atoms with E-state index >= 15 is 0 Å². The Morgan fingerprint density at radius 1 is 1.38 bits per heavy atom. The highest BCUT2D eigenvalue weighted by atomic mass is 32.1. The number of fused-ring (bicyclic) bond motifs is 1. The van der Waals surface area contributed by atoms with E-state index in [1.807, 2.05) is 24.4 Å². The fourth-order valence-corrected chi connectivity index (χ4v) is 3.49. The fourth-order valence-electron chi connectivity index (χ4n) is 2.84. The SMILES string of the molecule is CCOC1=CCCC=C1NCc1cc(=O)n2nc(-c3cccs3)nc2[nH]1. The zero-order chi connectivity index (χ0) is 17.9. The lowest BCUT2D eigenvalue weighted by molar-refractivity contribution is 0.231. The number of rotatable bonds is 6. The Labute approximate surface area is 154 Å². The van der Waals surface area contributed by atoms with Crippen molar-refractivity contribution in [2.24, 2.45) is 0 Å². The summed E-state index contributed by atoms with van der Waals surface area (Å²) in [5.74, 6) is 1.86. The highest BCUT2D eigenvalue weighted by Crippen LogP contribution is 2.21. The third kappa shape index (κ3) is 3.28. The molecule has 1 aliphatic rings. The average molecular weight is 369 g/mol. The third-order valence-electron chi connectivity index (χ3n) is 4.01. The molecule has 0 fully saturated rings. The summed E-state index contributed by atoms with van der Waals surface area (Å²) in [6.45, 7) is 3.07. The van der Waals surface area contributed by atoms with Crippen molar-refractivity contribution < 1.29 is 4.74 Å². The third-order valence-corrected chi connectivity index (χ3v) is 4.87. The summed E-state index contributed by atoms with van der Waals surface area (Å²) < 4.78 is 6.95. The van der Waals surface area contributed by atoms with Crippen LogP contribution in [0.1, 0.15) is 25.5 Å². The number of allylic oxidation sites excluding steroid dienone is 2. The molecule has 0 aromatic carbocycles. The van der Waals surface area contributed by atoms with E-state index in [-0.39, 0.29) is 5.56 Å². The van der Waals surface area contributed by atoms with Gasteiger partial charge >= 0.3 is 0 Å². The first-order valence-electron chi connectivity index (χ1n) is 8.55. The summed E-state index contributed by atoms with van der Waals surface area (Å²) in [4.78, 5) is 20.9. The Balaban J connectivity index is 1.57. The molecule has 1 aliphatic carbocycles. The smallest absolute Gasteiger partial charge is 0.275 e. The molecule has 0 amide bonds. The minimum Gasteiger partial charge on any atom is -0.492 e. The quantitative estimate of drug-likeness (QED) is 0.698. The lowest BCUT2D eigenvalue weighted by Gasteiger charge is -2.18. The Bertz CT molecular complexity index is 1030. The minimum atomic E-state index is -0.205. The van der Waals surface area contributed by atoms with Gasteiger partial charge in [-0.2, -0.15) is 9.50 Å². The van der Waals surface area contributed by atoms with E-state index < -0.39 is 0 Å². The van der Waals surface area contributed by atoms with Crippen LogP contribution in [0.3, 0.4) is 0 Å². The molecule has 3 aromatic rings. The van der Waals surface area contributed by atoms with Gasteiger partial charge in [-0.3, -0.25) is 4.79 Å². The van der Waals surface area contributed by atoms with Gasteiger partial charge in [0.05, 0.1) is 23.7 Å². The summed E-state index contributed by atoms with van der Waals surface area (Å²) in [6, 6.07) is 5.41. The molecule has 0 aliphatic heterocycles. The summed E-state index contributed by atoms with van der Waals surface area (Å²) in [7, 11) is 0. The average Bonchev–Trinajstić information content (AvgIpc) is 3.31. The monoisotopic (exact) mass is 369 g/mol. The maximum absolute atomic E-state index is 12.4. The molecule has 26 heavy (non-hydrogen) atoms. The first-order chi connectivity index (χ1) is 12.7. The molecule has 0 saturated heterocycles. The number of thiophene rings is 1. The van der Waals surface area contributed by atoms with Gasteiger partial charge in [0.15, 0.2) is 5.82 Å². The number of hydrogen-bond donors (Lipinski definition) is 2. The van der Waals surface area contributed by atoms with E-state index in [0.29, 0.717) is 24.8 Å². The number of aromatic amines is 1. The van der Waals surface area contributed by atoms with Crippen LogP contribution in [0.5, 0.6) is 0 Å². The van der Waals surface area contributed by atoms with Crippen molar-refractivity contribution in [3.05, 3.63) is 63.2 Å². The van der Waals surface area contributed by atoms with Crippen molar-refractivity contribution in [3.8, 4) is 10.7 Å². The van der Waals surface area contributed by atoms with Crippen molar-refractivity contribution in [2.75, 3.05) is 6.61 Å². The van der Waals surface area contributed by atoms with Crippen molar-refractivity contribution in [3.63, 3.8) is 0 Å². The molecule has 4 rings (SSSR count). The standard InChI is InChI=1S/C18H19N5O2S/c1-2-25-14-7-4-3-6-13(14)19-11-12-10-16(24)23-18(20-12)21-17(22-23)15-8-5-9-26-15/h5-10,19H,2-4,11H2,1H3,(H,20,21,22). The van der Waals surface area contributed by atoms with E-state index in [0.717, 1.165) is 34.9 Å². The number of nitrogens with one attached hydrogen (secondary N) is 2. The van der Waals surface area contributed by atoms with Crippen LogP contribution in [0.2, 0.25) is 0 Å². The lowest BCUT2D eigenvalue weighted by Crippen LogP contribution is -2.21. The van der Waals surface area contributed by atoms with Crippen LogP contribution < -0.4 is 10.9 Å². The largest absolute Gasteiger partial charge is 0.492 e. The van der Waals surface area contributed by atoms with Gasteiger partial charge in [-0.05, 0) is 37.3 Å². The van der Waals surface area contributed by atoms with Crippen LogP contribution >= 0.6 is 11.3 Å². The molecule has 0 spiro atoms. The molecule has 8 heteroatoms. The number of ether oxygens (including phenoxy) is 1. The molecule has 0 saturated carbocycles. The van der Waals surface area contributed by atoms with Gasteiger partial charge in [0.25, 0.3) is 5.56 Å². The van der Waals surface area contributed by atoms with E-state index in [2.05, 4.69) is 32.5 Å². The normalized spacial score (nSPS) is 14.2. The fraction of sp³-hybridized carbons (Fsp3) is 0.278. The first-order valence-corrected chi connectivity index (χ1v) is 9.43.